The lowest BCUT2D eigenvalue weighted by Crippen LogP contribution is -2.52. The van der Waals surface area contributed by atoms with Gasteiger partial charge in [0, 0.05) is 44.0 Å². The quantitative estimate of drug-likeness (QED) is 0.838. The molecule has 4 nitrogen and oxygen atoms in total. The van der Waals surface area contributed by atoms with Gasteiger partial charge in [0.25, 0.3) is 0 Å². The van der Waals surface area contributed by atoms with Crippen LogP contribution in [0.4, 0.5) is 0 Å². The Morgan fingerprint density at radius 2 is 2.41 bits per heavy atom. The third kappa shape index (κ3) is 4.54. The van der Waals surface area contributed by atoms with Crippen molar-refractivity contribution in [2.24, 2.45) is 5.92 Å². The summed E-state index contributed by atoms with van der Waals surface area (Å²) in [5.74, 6) is 0.315. The smallest absolute Gasteiger partial charge is 0.222 e. The van der Waals surface area contributed by atoms with Gasteiger partial charge in [-0.25, -0.2) is 0 Å². The maximum Gasteiger partial charge on any atom is 0.222 e. The van der Waals surface area contributed by atoms with Gasteiger partial charge in [-0.05, 0) is 37.1 Å². The van der Waals surface area contributed by atoms with Gasteiger partial charge in [-0.15, -0.1) is 11.3 Å². The van der Waals surface area contributed by atoms with Crippen molar-refractivity contribution in [3.05, 3.63) is 22.4 Å². The Bertz CT molecular complexity index is 462. The van der Waals surface area contributed by atoms with E-state index in [1.54, 1.807) is 18.4 Å². The summed E-state index contributed by atoms with van der Waals surface area (Å²) < 4.78 is 5.08. The van der Waals surface area contributed by atoms with Crippen molar-refractivity contribution < 1.29 is 14.6 Å². The highest BCUT2D eigenvalue weighted by Crippen LogP contribution is 2.31. The first kappa shape index (κ1) is 17.4. The molecular weight excluding hydrogens is 298 g/mol. The van der Waals surface area contributed by atoms with Crippen molar-refractivity contribution in [2.45, 2.75) is 44.6 Å². The number of likely N-dealkylation sites (tertiary alicyclic amines) is 1. The average molecular weight is 325 g/mol. The van der Waals surface area contributed by atoms with E-state index in [9.17, 15) is 9.90 Å². The minimum absolute atomic E-state index is 0.0950. The molecule has 5 heteroatoms. The number of hydrogen-bond acceptors (Lipinski definition) is 4. The van der Waals surface area contributed by atoms with Gasteiger partial charge >= 0.3 is 0 Å². The summed E-state index contributed by atoms with van der Waals surface area (Å²) >= 11 is 1.75. The molecule has 0 unspecified atom stereocenters. The van der Waals surface area contributed by atoms with Crippen LogP contribution in [0.25, 0.3) is 0 Å². The van der Waals surface area contributed by atoms with Crippen molar-refractivity contribution in [2.75, 3.05) is 26.8 Å². The standard InChI is InChI=1S/C17H27NO3S/c1-14-13-18(10-8-17(14,20)9-11-21-2)16(19)7-3-5-15-6-4-12-22-15/h4,6,12,14,20H,3,5,7-11,13H2,1-2H3/t14-,17-/m1/s1. The second-order valence-electron chi connectivity index (χ2n) is 6.27. The number of hydrogen-bond donors (Lipinski definition) is 1. The number of thiophene rings is 1. The molecule has 1 amide bonds. The minimum atomic E-state index is -0.691. The molecule has 2 atom stereocenters. The number of aryl methyl sites for hydroxylation is 1. The maximum atomic E-state index is 12.3. The fraction of sp³-hybridized carbons (Fsp3) is 0.706. The van der Waals surface area contributed by atoms with Gasteiger partial charge < -0.3 is 14.7 Å². The van der Waals surface area contributed by atoms with Crippen LogP contribution in [-0.2, 0) is 16.0 Å². The minimum Gasteiger partial charge on any atom is -0.389 e. The predicted molar refractivity (Wildman–Crippen MR) is 89.1 cm³/mol. The molecule has 1 aliphatic heterocycles. The van der Waals surface area contributed by atoms with Gasteiger partial charge in [-0.3, -0.25) is 4.79 Å². The van der Waals surface area contributed by atoms with Crippen LogP contribution in [0.5, 0.6) is 0 Å². The topological polar surface area (TPSA) is 49.8 Å². The Morgan fingerprint density at radius 3 is 3.05 bits per heavy atom. The van der Waals surface area contributed by atoms with Crippen molar-refractivity contribution >= 4 is 17.2 Å². The summed E-state index contributed by atoms with van der Waals surface area (Å²) in [5, 5.41) is 12.7. The van der Waals surface area contributed by atoms with E-state index in [4.69, 9.17) is 4.74 Å². The first-order valence-electron chi connectivity index (χ1n) is 8.06. The highest BCUT2D eigenvalue weighted by atomic mass is 32.1. The van der Waals surface area contributed by atoms with E-state index in [0.29, 0.717) is 39.0 Å². The number of ether oxygens (including phenoxy) is 1. The zero-order chi connectivity index (χ0) is 16.0. The summed E-state index contributed by atoms with van der Waals surface area (Å²) in [6.07, 6.45) is 3.77. The summed E-state index contributed by atoms with van der Waals surface area (Å²) in [4.78, 5) is 15.6. The lowest BCUT2D eigenvalue weighted by atomic mass is 9.80. The number of aliphatic hydroxyl groups is 1. The molecule has 0 aromatic carbocycles. The second-order valence-corrected chi connectivity index (χ2v) is 7.30. The van der Waals surface area contributed by atoms with Gasteiger partial charge in [0.2, 0.25) is 5.91 Å². The fourth-order valence-electron chi connectivity index (χ4n) is 3.07. The third-order valence-corrected chi connectivity index (χ3v) is 5.65. The van der Waals surface area contributed by atoms with Gasteiger partial charge in [0.1, 0.15) is 0 Å². The molecule has 22 heavy (non-hydrogen) atoms. The lowest BCUT2D eigenvalue weighted by molar-refractivity contribution is -0.140. The van der Waals surface area contributed by atoms with E-state index in [1.165, 1.54) is 4.88 Å². The maximum absolute atomic E-state index is 12.3. The van der Waals surface area contributed by atoms with E-state index >= 15 is 0 Å². The number of nitrogens with zero attached hydrogens (tertiary/aromatic N) is 1. The third-order valence-electron chi connectivity index (χ3n) is 4.71. The summed E-state index contributed by atoms with van der Waals surface area (Å²) in [6.45, 7) is 3.90. The predicted octanol–water partition coefficient (Wildman–Crippen LogP) is 2.71. The molecule has 0 bridgehead atoms. The van der Waals surface area contributed by atoms with Crippen LogP contribution in [0.2, 0.25) is 0 Å². The molecule has 1 saturated heterocycles. The van der Waals surface area contributed by atoms with Gasteiger partial charge in [-0.1, -0.05) is 13.0 Å². The molecular formula is C17H27NO3S. The van der Waals surface area contributed by atoms with Crippen LogP contribution >= 0.6 is 11.3 Å². The number of amides is 1. The second kappa shape index (κ2) is 8.09. The van der Waals surface area contributed by atoms with Crippen LogP contribution in [-0.4, -0.2) is 48.3 Å². The molecule has 1 N–H and O–H groups in total. The van der Waals surface area contributed by atoms with Crippen LogP contribution in [0.3, 0.4) is 0 Å². The average Bonchev–Trinajstić information content (AvgIpc) is 3.01. The first-order chi connectivity index (χ1) is 10.5. The Labute approximate surface area is 137 Å². The number of methoxy groups -OCH3 is 1. The Balaban J connectivity index is 1.75. The van der Waals surface area contributed by atoms with E-state index in [2.05, 4.69) is 17.5 Å². The summed E-state index contributed by atoms with van der Waals surface area (Å²) in [7, 11) is 1.65. The summed E-state index contributed by atoms with van der Waals surface area (Å²) in [6, 6.07) is 4.17. The normalized spacial score (nSPS) is 25.4. The lowest BCUT2D eigenvalue weighted by Gasteiger charge is -2.43. The molecule has 1 aliphatic rings. The molecule has 0 radical (unpaired) electrons. The van der Waals surface area contributed by atoms with Gasteiger partial charge in [-0.2, -0.15) is 0 Å². The van der Waals surface area contributed by atoms with E-state index in [1.807, 2.05) is 11.8 Å². The Kier molecular flexibility index (Phi) is 6.41. The van der Waals surface area contributed by atoms with E-state index in [-0.39, 0.29) is 11.8 Å². The highest BCUT2D eigenvalue weighted by Gasteiger charge is 2.39. The number of rotatable bonds is 7. The van der Waals surface area contributed by atoms with Crippen molar-refractivity contribution in [3.8, 4) is 0 Å². The van der Waals surface area contributed by atoms with Crippen LogP contribution < -0.4 is 0 Å². The molecule has 2 rings (SSSR count). The first-order valence-corrected chi connectivity index (χ1v) is 8.94. The molecule has 1 fully saturated rings. The molecule has 1 aromatic heterocycles. The number of carbonyl (C=O) groups is 1. The summed E-state index contributed by atoms with van der Waals surface area (Å²) in [5.41, 5.74) is -0.691. The number of carbonyl (C=O) groups excluding carboxylic acids is 1. The van der Waals surface area contributed by atoms with Crippen molar-refractivity contribution in [3.63, 3.8) is 0 Å². The van der Waals surface area contributed by atoms with Crippen molar-refractivity contribution in [1.82, 2.24) is 4.90 Å². The Hall–Kier alpha value is -0.910. The van der Waals surface area contributed by atoms with Crippen LogP contribution in [0.1, 0.15) is 37.5 Å². The van der Waals surface area contributed by atoms with Crippen LogP contribution in [0.15, 0.2) is 17.5 Å². The molecule has 1 aromatic rings. The Morgan fingerprint density at radius 1 is 1.59 bits per heavy atom. The van der Waals surface area contributed by atoms with Gasteiger partial charge in [0.15, 0.2) is 0 Å². The zero-order valence-corrected chi connectivity index (χ0v) is 14.4. The molecule has 0 spiro atoms. The number of piperidine rings is 1. The monoisotopic (exact) mass is 325 g/mol. The fourth-order valence-corrected chi connectivity index (χ4v) is 3.82. The molecule has 2 heterocycles. The zero-order valence-electron chi connectivity index (χ0n) is 13.6. The van der Waals surface area contributed by atoms with E-state index < -0.39 is 5.60 Å². The van der Waals surface area contributed by atoms with Crippen molar-refractivity contribution in [1.29, 1.82) is 0 Å². The SMILES string of the molecule is COCC[C@]1(O)CCN(C(=O)CCCc2cccs2)C[C@H]1C. The highest BCUT2D eigenvalue weighted by molar-refractivity contribution is 7.09. The largest absolute Gasteiger partial charge is 0.389 e. The van der Waals surface area contributed by atoms with Gasteiger partial charge in [0.05, 0.1) is 5.60 Å². The molecule has 124 valence electrons. The molecule has 0 saturated carbocycles. The van der Waals surface area contributed by atoms with Crippen LogP contribution in [0, 0.1) is 5.92 Å². The van der Waals surface area contributed by atoms with E-state index in [0.717, 1.165) is 12.8 Å². The molecule has 0 aliphatic carbocycles.